The van der Waals surface area contributed by atoms with Crippen LogP contribution >= 0.6 is 24.0 Å². The number of aromatic nitrogens is 2. The Morgan fingerprint density at radius 3 is 2.46 bits per heavy atom. The lowest BCUT2D eigenvalue weighted by molar-refractivity contribution is -0.127. The summed E-state index contributed by atoms with van der Waals surface area (Å²) in [6, 6.07) is 0.0458. The van der Waals surface area contributed by atoms with Gasteiger partial charge in [0.05, 0.1) is 12.2 Å². The van der Waals surface area contributed by atoms with Crippen molar-refractivity contribution in [2.24, 2.45) is 18.0 Å². The summed E-state index contributed by atoms with van der Waals surface area (Å²) in [6.07, 6.45) is 2.41. The van der Waals surface area contributed by atoms with Gasteiger partial charge in [-0.3, -0.25) is 14.5 Å². The summed E-state index contributed by atoms with van der Waals surface area (Å²) in [5.41, 5.74) is 2.22. The zero-order valence-electron chi connectivity index (χ0n) is 15.2. The van der Waals surface area contributed by atoms with Gasteiger partial charge in [0.25, 0.3) is 0 Å². The Morgan fingerprint density at radius 1 is 1.33 bits per heavy atom. The molecular formula is C16H29IN6O. The fourth-order valence-corrected chi connectivity index (χ4v) is 3.10. The molecule has 24 heavy (non-hydrogen) atoms. The van der Waals surface area contributed by atoms with Gasteiger partial charge in [0.1, 0.15) is 0 Å². The Labute approximate surface area is 161 Å². The van der Waals surface area contributed by atoms with Gasteiger partial charge < -0.3 is 15.5 Å². The van der Waals surface area contributed by atoms with Gasteiger partial charge in [-0.25, -0.2) is 0 Å². The number of aliphatic imine (C=N–C) groups is 1. The minimum atomic E-state index is 0. The van der Waals surface area contributed by atoms with Gasteiger partial charge in [0, 0.05) is 57.3 Å². The molecule has 1 fully saturated rings. The second-order valence-corrected chi connectivity index (χ2v) is 5.97. The van der Waals surface area contributed by atoms with Crippen LogP contribution in [0, 0.1) is 12.8 Å². The molecule has 0 aromatic carbocycles. The van der Waals surface area contributed by atoms with E-state index in [-0.39, 0.29) is 41.8 Å². The molecule has 1 aromatic heterocycles. The van der Waals surface area contributed by atoms with E-state index in [9.17, 15) is 4.79 Å². The summed E-state index contributed by atoms with van der Waals surface area (Å²) in [5.74, 6) is 1.15. The van der Waals surface area contributed by atoms with Crippen molar-refractivity contribution in [1.82, 2.24) is 25.3 Å². The quantitative estimate of drug-likeness (QED) is 0.406. The van der Waals surface area contributed by atoms with E-state index in [1.807, 2.05) is 50.6 Å². The van der Waals surface area contributed by atoms with Crippen LogP contribution in [-0.2, 0) is 11.8 Å². The maximum Gasteiger partial charge on any atom is 0.223 e. The number of likely N-dealkylation sites (tertiary alicyclic amines) is 1. The Morgan fingerprint density at radius 2 is 1.96 bits per heavy atom. The third-order valence-corrected chi connectivity index (χ3v) is 4.46. The molecule has 8 heteroatoms. The molecule has 7 nitrogen and oxygen atoms in total. The van der Waals surface area contributed by atoms with Crippen LogP contribution in [0.3, 0.4) is 0 Å². The largest absolute Gasteiger partial charge is 0.357 e. The lowest BCUT2D eigenvalue weighted by Gasteiger charge is -2.24. The SMILES string of the molecule is CCNC(=NC[C@@H]1CC(=O)N(C)[C@H]1c1cnn(C)c1C)NCC.I. The highest BCUT2D eigenvalue weighted by Crippen LogP contribution is 2.38. The van der Waals surface area contributed by atoms with Gasteiger partial charge in [0.15, 0.2) is 5.96 Å². The molecule has 1 aliphatic rings. The van der Waals surface area contributed by atoms with Crippen molar-refractivity contribution in [3.8, 4) is 0 Å². The van der Waals surface area contributed by atoms with E-state index in [1.54, 1.807) is 0 Å². The minimum absolute atomic E-state index is 0. The summed E-state index contributed by atoms with van der Waals surface area (Å²) in [4.78, 5) is 18.7. The zero-order chi connectivity index (χ0) is 17.0. The summed E-state index contributed by atoms with van der Waals surface area (Å²) < 4.78 is 1.86. The fourth-order valence-electron chi connectivity index (χ4n) is 3.10. The second-order valence-electron chi connectivity index (χ2n) is 5.97. The van der Waals surface area contributed by atoms with Crippen molar-refractivity contribution < 1.29 is 4.79 Å². The molecule has 2 atom stereocenters. The van der Waals surface area contributed by atoms with Crippen LogP contribution in [0.2, 0.25) is 0 Å². The van der Waals surface area contributed by atoms with Crippen molar-refractivity contribution in [2.75, 3.05) is 26.7 Å². The fraction of sp³-hybridized carbons (Fsp3) is 0.688. The molecule has 0 unspecified atom stereocenters. The van der Waals surface area contributed by atoms with E-state index in [0.717, 1.165) is 30.3 Å². The summed E-state index contributed by atoms with van der Waals surface area (Å²) in [7, 11) is 3.80. The molecule has 1 aliphatic heterocycles. The topological polar surface area (TPSA) is 74.5 Å². The summed E-state index contributed by atoms with van der Waals surface area (Å²) in [6.45, 7) is 8.39. The highest BCUT2D eigenvalue weighted by atomic mass is 127. The van der Waals surface area contributed by atoms with Gasteiger partial charge in [-0.1, -0.05) is 0 Å². The highest BCUT2D eigenvalue weighted by Gasteiger charge is 2.39. The number of aryl methyl sites for hydroxylation is 1. The number of carbonyl (C=O) groups is 1. The van der Waals surface area contributed by atoms with Gasteiger partial charge in [-0.15, -0.1) is 24.0 Å². The Hall–Kier alpha value is -1.32. The van der Waals surface area contributed by atoms with Crippen LogP contribution in [0.4, 0.5) is 0 Å². The minimum Gasteiger partial charge on any atom is -0.357 e. The standard InChI is InChI=1S/C16H28N6O.HI/c1-6-17-16(18-7-2)19-9-12-8-14(23)21(4)15(12)13-10-20-22(5)11(13)3;/h10,12,15H,6-9H2,1-5H3,(H2,17,18,19);1H/t12-,15+;/m0./s1. The van der Waals surface area contributed by atoms with Crippen molar-refractivity contribution in [3.63, 3.8) is 0 Å². The normalized spacial score (nSPS) is 19.9. The highest BCUT2D eigenvalue weighted by molar-refractivity contribution is 14.0. The number of amides is 1. The number of hydrogen-bond acceptors (Lipinski definition) is 3. The van der Waals surface area contributed by atoms with E-state index in [2.05, 4.69) is 20.7 Å². The first-order valence-electron chi connectivity index (χ1n) is 8.25. The number of nitrogens with one attached hydrogen (secondary N) is 2. The number of halogens is 1. The molecule has 0 spiro atoms. The van der Waals surface area contributed by atoms with Crippen LogP contribution in [0.15, 0.2) is 11.2 Å². The predicted octanol–water partition coefficient (Wildman–Crippen LogP) is 1.44. The van der Waals surface area contributed by atoms with Crippen molar-refractivity contribution in [2.45, 2.75) is 33.2 Å². The number of guanidine groups is 1. The summed E-state index contributed by atoms with van der Waals surface area (Å²) in [5, 5.41) is 10.8. The lowest BCUT2D eigenvalue weighted by atomic mass is 9.94. The maximum absolute atomic E-state index is 12.2. The van der Waals surface area contributed by atoms with Crippen molar-refractivity contribution in [1.29, 1.82) is 0 Å². The van der Waals surface area contributed by atoms with E-state index < -0.39 is 0 Å². The number of hydrogen-bond donors (Lipinski definition) is 2. The van der Waals surface area contributed by atoms with Gasteiger partial charge in [0.2, 0.25) is 5.91 Å². The molecule has 1 aromatic rings. The first kappa shape index (κ1) is 20.7. The van der Waals surface area contributed by atoms with Crippen LogP contribution in [0.25, 0.3) is 0 Å². The van der Waals surface area contributed by atoms with Crippen molar-refractivity contribution in [3.05, 3.63) is 17.5 Å². The smallest absolute Gasteiger partial charge is 0.223 e. The number of carbonyl (C=O) groups excluding carboxylic acids is 1. The number of rotatable bonds is 5. The average molecular weight is 448 g/mol. The molecular weight excluding hydrogens is 419 g/mol. The van der Waals surface area contributed by atoms with E-state index in [4.69, 9.17) is 0 Å². The third kappa shape index (κ3) is 4.40. The van der Waals surface area contributed by atoms with Crippen molar-refractivity contribution >= 4 is 35.8 Å². The zero-order valence-corrected chi connectivity index (χ0v) is 17.5. The maximum atomic E-state index is 12.2. The Kier molecular flexibility index (Phi) is 7.98. The molecule has 0 saturated carbocycles. The molecule has 1 amide bonds. The third-order valence-electron chi connectivity index (χ3n) is 4.46. The first-order chi connectivity index (χ1) is 11.0. The monoisotopic (exact) mass is 448 g/mol. The lowest BCUT2D eigenvalue weighted by Crippen LogP contribution is -2.37. The van der Waals surface area contributed by atoms with E-state index in [1.165, 1.54) is 0 Å². The van der Waals surface area contributed by atoms with Gasteiger partial charge >= 0.3 is 0 Å². The molecule has 2 heterocycles. The number of nitrogens with zero attached hydrogens (tertiary/aromatic N) is 4. The Balaban J connectivity index is 0.00000288. The van der Waals surface area contributed by atoms with Gasteiger partial charge in [-0.05, 0) is 20.8 Å². The van der Waals surface area contributed by atoms with Crippen LogP contribution in [-0.4, -0.2) is 53.2 Å². The second kappa shape index (κ2) is 9.24. The summed E-state index contributed by atoms with van der Waals surface area (Å²) >= 11 is 0. The van der Waals surface area contributed by atoms with Gasteiger partial charge in [-0.2, -0.15) is 5.10 Å². The molecule has 0 aliphatic carbocycles. The van der Waals surface area contributed by atoms with Crippen LogP contribution < -0.4 is 10.6 Å². The first-order valence-corrected chi connectivity index (χ1v) is 8.25. The van der Waals surface area contributed by atoms with Crippen LogP contribution in [0.1, 0.15) is 37.6 Å². The molecule has 0 radical (unpaired) electrons. The Bertz CT molecular complexity index is 577. The van der Waals surface area contributed by atoms with E-state index in [0.29, 0.717) is 13.0 Å². The molecule has 0 bridgehead atoms. The average Bonchev–Trinajstić information content (AvgIpc) is 2.98. The molecule has 1 saturated heterocycles. The molecule has 2 N–H and O–H groups in total. The predicted molar refractivity (Wildman–Crippen MR) is 107 cm³/mol. The van der Waals surface area contributed by atoms with E-state index >= 15 is 0 Å². The van der Waals surface area contributed by atoms with Crippen LogP contribution in [0.5, 0.6) is 0 Å². The molecule has 2 rings (SSSR count). The molecule has 136 valence electrons.